The first kappa shape index (κ1) is 8.91. The van der Waals surface area contributed by atoms with Crippen molar-refractivity contribution in [2.75, 3.05) is 0 Å². The molecule has 1 atom stereocenters. The fraction of sp³-hybridized carbons (Fsp3) is 0.400. The predicted molar refractivity (Wildman–Crippen MR) is 48.3 cm³/mol. The van der Waals surface area contributed by atoms with E-state index in [1.54, 1.807) is 12.3 Å². The maximum absolute atomic E-state index is 10.6. The predicted octanol–water partition coefficient (Wildman–Crippen LogP) is 2.41. The van der Waals surface area contributed by atoms with Gasteiger partial charge in [0, 0.05) is 11.8 Å². The van der Waals surface area contributed by atoms with Crippen molar-refractivity contribution in [3.05, 3.63) is 29.6 Å². The van der Waals surface area contributed by atoms with E-state index in [1.807, 2.05) is 6.07 Å². The highest BCUT2D eigenvalue weighted by molar-refractivity contribution is 5.76. The molecule has 64 valence electrons. The molecule has 1 rings (SSSR count). The highest BCUT2D eigenvalue weighted by Crippen LogP contribution is 2.18. The van der Waals surface area contributed by atoms with E-state index in [0.29, 0.717) is 11.5 Å². The fourth-order valence-corrected chi connectivity index (χ4v) is 1.13. The Hall–Kier alpha value is -1.18. The highest BCUT2D eigenvalue weighted by atomic mass is 16.1. The molecule has 0 fully saturated rings. The van der Waals surface area contributed by atoms with Crippen LogP contribution in [0.2, 0.25) is 0 Å². The summed E-state index contributed by atoms with van der Waals surface area (Å²) in [4.78, 5) is 14.8. The van der Waals surface area contributed by atoms with E-state index in [2.05, 4.69) is 18.8 Å². The summed E-state index contributed by atoms with van der Waals surface area (Å²) in [5.74, 6) is 0.367. The molecule has 0 spiro atoms. The Bertz CT molecular complexity index is 270. The van der Waals surface area contributed by atoms with Crippen molar-refractivity contribution in [1.82, 2.24) is 4.98 Å². The van der Waals surface area contributed by atoms with Crippen LogP contribution in [-0.2, 0) is 0 Å². The number of aldehydes is 1. The quantitative estimate of drug-likeness (QED) is 0.640. The Morgan fingerprint density at radius 2 is 2.42 bits per heavy atom. The summed E-state index contributed by atoms with van der Waals surface area (Å²) < 4.78 is 0. The molecule has 0 N–H and O–H groups in total. The standard InChI is InChI=1S/C10H13NO/c1-3-8(2)10-9(7-12)5-4-6-11-10/h4-8H,3H2,1-2H3. The monoisotopic (exact) mass is 163 g/mol. The first-order valence-corrected chi connectivity index (χ1v) is 4.19. The molecule has 1 unspecified atom stereocenters. The van der Waals surface area contributed by atoms with E-state index in [4.69, 9.17) is 0 Å². The average molecular weight is 163 g/mol. The van der Waals surface area contributed by atoms with Crippen molar-refractivity contribution in [3.8, 4) is 0 Å². The number of pyridine rings is 1. The second-order valence-electron chi connectivity index (χ2n) is 2.91. The van der Waals surface area contributed by atoms with Crippen molar-refractivity contribution in [2.45, 2.75) is 26.2 Å². The van der Waals surface area contributed by atoms with Crippen molar-refractivity contribution < 1.29 is 4.79 Å². The molecule has 12 heavy (non-hydrogen) atoms. The highest BCUT2D eigenvalue weighted by Gasteiger charge is 2.08. The molecule has 0 aromatic carbocycles. The lowest BCUT2D eigenvalue weighted by Crippen LogP contribution is -2.00. The van der Waals surface area contributed by atoms with Crippen LogP contribution in [0.25, 0.3) is 0 Å². The molecule has 0 saturated heterocycles. The molecule has 2 nitrogen and oxygen atoms in total. The minimum Gasteiger partial charge on any atom is -0.298 e. The van der Waals surface area contributed by atoms with Crippen LogP contribution in [0.5, 0.6) is 0 Å². The number of hydrogen-bond donors (Lipinski definition) is 0. The first-order valence-electron chi connectivity index (χ1n) is 4.19. The maximum Gasteiger partial charge on any atom is 0.151 e. The molecule has 1 heterocycles. The summed E-state index contributed by atoms with van der Waals surface area (Å²) in [5, 5.41) is 0. The summed E-state index contributed by atoms with van der Waals surface area (Å²) in [7, 11) is 0. The summed E-state index contributed by atoms with van der Waals surface area (Å²) in [6.07, 6.45) is 3.61. The van der Waals surface area contributed by atoms with Gasteiger partial charge in [0.1, 0.15) is 0 Å². The normalized spacial score (nSPS) is 12.5. The number of carbonyl (C=O) groups excluding carboxylic acids is 1. The van der Waals surface area contributed by atoms with Gasteiger partial charge in [-0.1, -0.05) is 13.8 Å². The number of carbonyl (C=O) groups is 1. The number of aromatic nitrogens is 1. The molecule has 1 aromatic rings. The SMILES string of the molecule is CCC(C)c1ncccc1C=O. The molecule has 1 aromatic heterocycles. The maximum atomic E-state index is 10.6. The molecule has 0 amide bonds. The Morgan fingerprint density at radius 1 is 1.67 bits per heavy atom. The van der Waals surface area contributed by atoms with Crippen LogP contribution in [0, 0.1) is 0 Å². The van der Waals surface area contributed by atoms with Crippen LogP contribution < -0.4 is 0 Å². The molecule has 2 heteroatoms. The summed E-state index contributed by atoms with van der Waals surface area (Å²) in [6.45, 7) is 4.17. The van der Waals surface area contributed by atoms with Gasteiger partial charge >= 0.3 is 0 Å². The Labute approximate surface area is 72.6 Å². The molecule has 0 bridgehead atoms. The lowest BCUT2D eigenvalue weighted by Gasteiger charge is -2.08. The van der Waals surface area contributed by atoms with Crippen LogP contribution in [0.15, 0.2) is 18.3 Å². The third-order valence-corrected chi connectivity index (χ3v) is 2.08. The second-order valence-corrected chi connectivity index (χ2v) is 2.91. The van der Waals surface area contributed by atoms with Gasteiger partial charge in [0.2, 0.25) is 0 Å². The summed E-state index contributed by atoms with van der Waals surface area (Å²) in [5.41, 5.74) is 1.63. The summed E-state index contributed by atoms with van der Waals surface area (Å²) in [6, 6.07) is 3.59. The largest absolute Gasteiger partial charge is 0.298 e. The van der Waals surface area contributed by atoms with Gasteiger partial charge in [-0.25, -0.2) is 0 Å². The van der Waals surface area contributed by atoms with Gasteiger partial charge in [-0.05, 0) is 24.5 Å². The average Bonchev–Trinajstić information content (AvgIpc) is 2.16. The topological polar surface area (TPSA) is 30.0 Å². The Kier molecular flexibility index (Phi) is 2.97. The lowest BCUT2D eigenvalue weighted by atomic mass is 10.0. The van der Waals surface area contributed by atoms with E-state index in [0.717, 1.165) is 18.4 Å². The molecule has 0 aliphatic rings. The zero-order valence-electron chi connectivity index (χ0n) is 7.45. The van der Waals surface area contributed by atoms with Gasteiger partial charge in [0.25, 0.3) is 0 Å². The Balaban J connectivity index is 3.04. The van der Waals surface area contributed by atoms with E-state index in [-0.39, 0.29) is 0 Å². The zero-order valence-corrected chi connectivity index (χ0v) is 7.45. The van der Waals surface area contributed by atoms with Crippen molar-refractivity contribution >= 4 is 6.29 Å². The number of rotatable bonds is 3. The van der Waals surface area contributed by atoms with Crippen molar-refractivity contribution in [3.63, 3.8) is 0 Å². The van der Waals surface area contributed by atoms with E-state index in [9.17, 15) is 4.79 Å². The van der Waals surface area contributed by atoms with Gasteiger partial charge in [-0.2, -0.15) is 0 Å². The molecule has 0 saturated carbocycles. The van der Waals surface area contributed by atoms with Crippen LogP contribution >= 0.6 is 0 Å². The first-order chi connectivity index (χ1) is 5.79. The lowest BCUT2D eigenvalue weighted by molar-refractivity contribution is 0.112. The van der Waals surface area contributed by atoms with Crippen LogP contribution in [0.4, 0.5) is 0 Å². The van der Waals surface area contributed by atoms with Gasteiger partial charge in [0.15, 0.2) is 6.29 Å². The number of hydrogen-bond acceptors (Lipinski definition) is 2. The smallest absolute Gasteiger partial charge is 0.151 e. The van der Waals surface area contributed by atoms with Crippen LogP contribution in [0.1, 0.15) is 42.2 Å². The molecule has 0 aliphatic heterocycles. The van der Waals surface area contributed by atoms with Crippen LogP contribution in [-0.4, -0.2) is 11.3 Å². The Morgan fingerprint density at radius 3 is 3.00 bits per heavy atom. The molecular weight excluding hydrogens is 150 g/mol. The van der Waals surface area contributed by atoms with Gasteiger partial charge in [0.05, 0.1) is 5.69 Å². The van der Waals surface area contributed by atoms with E-state index in [1.165, 1.54) is 0 Å². The minimum absolute atomic E-state index is 0.367. The van der Waals surface area contributed by atoms with E-state index < -0.39 is 0 Å². The number of nitrogens with zero attached hydrogens (tertiary/aromatic N) is 1. The third-order valence-electron chi connectivity index (χ3n) is 2.08. The van der Waals surface area contributed by atoms with Gasteiger partial charge in [-0.3, -0.25) is 9.78 Å². The van der Waals surface area contributed by atoms with Crippen molar-refractivity contribution in [2.24, 2.45) is 0 Å². The molecule has 0 aliphatic carbocycles. The molecule has 0 radical (unpaired) electrons. The second kappa shape index (κ2) is 4.00. The fourth-order valence-electron chi connectivity index (χ4n) is 1.13. The van der Waals surface area contributed by atoms with Crippen molar-refractivity contribution in [1.29, 1.82) is 0 Å². The molecular formula is C10H13NO. The van der Waals surface area contributed by atoms with Gasteiger partial charge < -0.3 is 0 Å². The van der Waals surface area contributed by atoms with E-state index >= 15 is 0 Å². The third kappa shape index (κ3) is 1.70. The zero-order chi connectivity index (χ0) is 8.97. The van der Waals surface area contributed by atoms with Gasteiger partial charge in [-0.15, -0.1) is 0 Å². The summed E-state index contributed by atoms with van der Waals surface area (Å²) >= 11 is 0. The van der Waals surface area contributed by atoms with Crippen LogP contribution in [0.3, 0.4) is 0 Å². The minimum atomic E-state index is 0.367.